The number of nitrogens with zero attached hydrogens (tertiary/aromatic N) is 4. The van der Waals surface area contributed by atoms with Crippen molar-refractivity contribution in [2.24, 2.45) is 7.05 Å². The fourth-order valence-corrected chi connectivity index (χ4v) is 6.49. The molecule has 7 nitrogen and oxygen atoms in total. The van der Waals surface area contributed by atoms with E-state index in [4.69, 9.17) is 0 Å². The minimum Gasteiger partial charge on any atom is -0.376 e. The van der Waals surface area contributed by atoms with Gasteiger partial charge in [-0.15, -0.1) is 0 Å². The average molecular weight is 512 g/mol. The largest absolute Gasteiger partial charge is 0.376 e. The number of hydrogen-bond donors (Lipinski definition) is 1. The summed E-state index contributed by atoms with van der Waals surface area (Å²) < 4.78 is 19.2. The number of ketones is 1. The van der Waals surface area contributed by atoms with Crippen LogP contribution in [0.1, 0.15) is 36.0 Å². The van der Waals surface area contributed by atoms with E-state index in [9.17, 15) is 9.59 Å². The normalized spacial score (nSPS) is 18.0. The zero-order chi connectivity index (χ0) is 26.0. The van der Waals surface area contributed by atoms with Crippen molar-refractivity contribution in [1.82, 2.24) is 24.3 Å². The molecule has 194 valence electrons. The van der Waals surface area contributed by atoms with Crippen molar-refractivity contribution < 1.29 is 14.0 Å². The van der Waals surface area contributed by atoms with Gasteiger partial charge in [-0.2, -0.15) is 0 Å². The predicted octanol–water partition coefficient (Wildman–Crippen LogP) is 4.73. The number of hydrogen-bond acceptors (Lipinski definition) is 3. The van der Waals surface area contributed by atoms with Gasteiger partial charge in [-0.1, -0.05) is 18.2 Å². The molecule has 3 aliphatic rings. The Morgan fingerprint density at radius 3 is 2.58 bits per heavy atom. The Morgan fingerprint density at radius 2 is 1.74 bits per heavy atom. The van der Waals surface area contributed by atoms with Gasteiger partial charge >= 0.3 is 6.03 Å². The summed E-state index contributed by atoms with van der Waals surface area (Å²) in [5.41, 5.74) is 5.86. The number of halogens is 1. The SMILES string of the molecule is Cn1cc(C2=C(c3cn4c5c(cc(F)cc35)CN(C(=O)N3CCCCC3)CC4)C(=O)CN2)c2ccccc21. The average Bonchev–Trinajstić information content (AvgIpc) is 3.54. The van der Waals surface area contributed by atoms with Crippen LogP contribution in [0.5, 0.6) is 0 Å². The molecule has 3 aliphatic heterocycles. The van der Waals surface area contributed by atoms with Gasteiger partial charge < -0.3 is 24.3 Å². The Morgan fingerprint density at radius 1 is 0.921 bits per heavy atom. The molecule has 1 saturated heterocycles. The lowest BCUT2D eigenvalue weighted by molar-refractivity contribution is -0.112. The Labute approximate surface area is 220 Å². The molecule has 2 aromatic heterocycles. The standard InChI is InChI=1S/C30H30FN5O2/c1-33-17-24(21-7-3-4-8-25(21)33)28-27(26(37)15-32-28)23-18-35-11-12-36(30(38)34-9-5-2-6-10-34)16-19-13-20(31)14-22(23)29(19)35/h3-4,7-8,13-14,17-18,32H,2,5-6,9-12,15-16H2,1H3. The monoisotopic (exact) mass is 511 g/mol. The molecule has 0 spiro atoms. The van der Waals surface area contributed by atoms with Crippen LogP contribution in [-0.2, 0) is 24.9 Å². The summed E-state index contributed by atoms with van der Waals surface area (Å²) >= 11 is 0. The lowest BCUT2D eigenvalue weighted by atomic mass is 9.97. The van der Waals surface area contributed by atoms with Crippen LogP contribution in [0.4, 0.5) is 9.18 Å². The van der Waals surface area contributed by atoms with E-state index in [1.54, 1.807) is 6.07 Å². The molecule has 1 fully saturated rings. The number of amides is 2. The molecule has 8 heteroatoms. The molecule has 0 aliphatic carbocycles. The van der Waals surface area contributed by atoms with E-state index in [1.807, 2.05) is 41.4 Å². The first-order valence-electron chi connectivity index (χ1n) is 13.4. The van der Waals surface area contributed by atoms with Crippen LogP contribution in [-0.4, -0.2) is 56.9 Å². The molecule has 7 rings (SSSR count). The lowest BCUT2D eigenvalue weighted by Gasteiger charge is -2.32. The smallest absolute Gasteiger partial charge is 0.320 e. The van der Waals surface area contributed by atoms with Crippen LogP contribution in [0.25, 0.3) is 33.1 Å². The molecule has 0 bridgehead atoms. The van der Waals surface area contributed by atoms with Crippen LogP contribution in [0.3, 0.4) is 0 Å². The maximum absolute atomic E-state index is 15.1. The maximum atomic E-state index is 15.1. The molecular weight excluding hydrogens is 481 g/mol. The molecular formula is C30H30FN5O2. The predicted molar refractivity (Wildman–Crippen MR) is 146 cm³/mol. The fourth-order valence-electron chi connectivity index (χ4n) is 6.49. The third-order valence-corrected chi connectivity index (χ3v) is 8.28. The number of Topliss-reactive ketones (excluding diaryl/α,β-unsaturated/α-hetero) is 1. The Balaban J connectivity index is 1.35. The van der Waals surface area contributed by atoms with E-state index < -0.39 is 0 Å². The number of carbonyl (C=O) groups excluding carboxylic acids is 2. The molecule has 1 N–H and O–H groups in total. The first-order chi connectivity index (χ1) is 18.5. The molecule has 0 unspecified atom stereocenters. The van der Waals surface area contributed by atoms with Crippen molar-refractivity contribution in [3.8, 4) is 0 Å². The molecule has 2 aromatic carbocycles. The number of nitrogens with one attached hydrogen (secondary N) is 1. The number of aryl methyl sites for hydroxylation is 1. The van der Waals surface area contributed by atoms with Gasteiger partial charge in [-0.05, 0) is 43.0 Å². The number of fused-ring (bicyclic) bond motifs is 1. The molecule has 0 atom stereocenters. The Hall–Kier alpha value is -4.07. The summed E-state index contributed by atoms with van der Waals surface area (Å²) in [6, 6.07) is 11.2. The zero-order valence-electron chi connectivity index (χ0n) is 21.5. The highest BCUT2D eigenvalue weighted by Gasteiger charge is 2.32. The van der Waals surface area contributed by atoms with Crippen LogP contribution in [0.2, 0.25) is 0 Å². The highest BCUT2D eigenvalue weighted by atomic mass is 19.1. The van der Waals surface area contributed by atoms with Crippen LogP contribution in [0.15, 0.2) is 48.8 Å². The fraction of sp³-hybridized carbons (Fsp3) is 0.333. The second kappa shape index (κ2) is 8.75. The summed E-state index contributed by atoms with van der Waals surface area (Å²) in [4.78, 5) is 30.4. The van der Waals surface area contributed by atoms with Gasteiger partial charge in [0.1, 0.15) is 5.82 Å². The van der Waals surface area contributed by atoms with Gasteiger partial charge in [0.15, 0.2) is 5.78 Å². The third-order valence-electron chi connectivity index (χ3n) is 8.28. The van der Waals surface area contributed by atoms with Crippen molar-refractivity contribution in [1.29, 1.82) is 0 Å². The summed E-state index contributed by atoms with van der Waals surface area (Å²) in [6.07, 6.45) is 7.25. The third kappa shape index (κ3) is 3.54. The molecule has 0 radical (unpaired) electrons. The van der Waals surface area contributed by atoms with E-state index in [2.05, 4.69) is 26.6 Å². The molecule has 0 saturated carbocycles. The minimum atomic E-state index is -0.357. The van der Waals surface area contributed by atoms with Gasteiger partial charge in [0.25, 0.3) is 0 Å². The second-order valence-electron chi connectivity index (χ2n) is 10.6. The van der Waals surface area contributed by atoms with Gasteiger partial charge in [-0.3, -0.25) is 4.79 Å². The number of benzene rings is 2. The van der Waals surface area contributed by atoms with Gasteiger partial charge in [-0.25, -0.2) is 9.18 Å². The minimum absolute atomic E-state index is 0.00300. The molecule has 38 heavy (non-hydrogen) atoms. The van der Waals surface area contributed by atoms with Crippen LogP contribution < -0.4 is 5.32 Å². The molecule has 4 aromatic rings. The van der Waals surface area contributed by atoms with Gasteiger partial charge in [0.2, 0.25) is 0 Å². The maximum Gasteiger partial charge on any atom is 0.320 e. The van der Waals surface area contributed by atoms with Crippen molar-refractivity contribution in [2.75, 3.05) is 26.2 Å². The topological polar surface area (TPSA) is 62.5 Å². The van der Waals surface area contributed by atoms with Crippen molar-refractivity contribution >= 4 is 44.9 Å². The number of likely N-dealkylation sites (tertiary alicyclic amines) is 1. The Kier molecular flexibility index (Phi) is 5.32. The first kappa shape index (κ1) is 23.1. The Bertz CT molecular complexity index is 1660. The van der Waals surface area contributed by atoms with Gasteiger partial charge in [0.05, 0.1) is 23.3 Å². The van der Waals surface area contributed by atoms with E-state index in [1.165, 1.54) is 6.07 Å². The van der Waals surface area contributed by atoms with Crippen molar-refractivity contribution in [3.63, 3.8) is 0 Å². The van der Waals surface area contributed by atoms with Crippen molar-refractivity contribution in [3.05, 3.63) is 71.3 Å². The lowest BCUT2D eigenvalue weighted by Crippen LogP contribution is -2.45. The number of carbonyl (C=O) groups is 2. The van der Waals surface area contributed by atoms with Gasteiger partial charge in [0, 0.05) is 79.6 Å². The quantitative estimate of drug-likeness (QED) is 0.423. The van der Waals surface area contributed by atoms with Crippen LogP contribution >= 0.6 is 0 Å². The van der Waals surface area contributed by atoms with E-state index in [-0.39, 0.29) is 24.2 Å². The summed E-state index contributed by atoms with van der Waals surface area (Å²) in [5.74, 6) is -0.360. The number of para-hydroxylation sites is 1. The second-order valence-corrected chi connectivity index (χ2v) is 10.6. The number of rotatable bonds is 2. The van der Waals surface area contributed by atoms with E-state index in [0.717, 1.165) is 76.5 Å². The first-order valence-corrected chi connectivity index (χ1v) is 13.4. The van der Waals surface area contributed by atoms with Crippen LogP contribution in [0, 0.1) is 5.82 Å². The molecule has 5 heterocycles. The van der Waals surface area contributed by atoms with E-state index in [0.29, 0.717) is 25.2 Å². The summed E-state index contributed by atoms with van der Waals surface area (Å²) in [6.45, 7) is 3.26. The summed E-state index contributed by atoms with van der Waals surface area (Å²) in [7, 11) is 2.00. The molecule has 2 amide bonds. The highest BCUT2D eigenvalue weighted by molar-refractivity contribution is 6.34. The number of urea groups is 1. The van der Waals surface area contributed by atoms with E-state index >= 15 is 4.39 Å². The summed E-state index contributed by atoms with van der Waals surface area (Å²) in [5, 5.41) is 5.12. The zero-order valence-corrected chi connectivity index (χ0v) is 21.5. The highest BCUT2D eigenvalue weighted by Crippen LogP contribution is 2.39. The van der Waals surface area contributed by atoms with Crippen molar-refractivity contribution in [2.45, 2.75) is 32.4 Å². The number of aromatic nitrogens is 2. The number of piperidine rings is 1.